The summed E-state index contributed by atoms with van der Waals surface area (Å²) in [5.41, 5.74) is 1.97. The fourth-order valence-electron chi connectivity index (χ4n) is 2.89. The van der Waals surface area contributed by atoms with Crippen molar-refractivity contribution < 1.29 is 17.9 Å². The lowest BCUT2D eigenvalue weighted by atomic mass is 10.2. The molecule has 1 aliphatic heterocycles. The van der Waals surface area contributed by atoms with E-state index >= 15 is 0 Å². The maximum Gasteiger partial charge on any atom is 0.243 e. The van der Waals surface area contributed by atoms with Crippen LogP contribution in [0.1, 0.15) is 11.1 Å². The molecule has 29 heavy (non-hydrogen) atoms. The lowest BCUT2D eigenvalue weighted by Gasteiger charge is -2.26. The Morgan fingerprint density at radius 2 is 1.86 bits per heavy atom. The van der Waals surface area contributed by atoms with Crippen LogP contribution in [0.2, 0.25) is 0 Å². The summed E-state index contributed by atoms with van der Waals surface area (Å²) < 4.78 is 32.9. The molecule has 3 rings (SSSR count). The number of amides is 1. The number of benzene rings is 2. The van der Waals surface area contributed by atoms with Gasteiger partial charge in [-0.15, -0.1) is 11.8 Å². The molecule has 0 bridgehead atoms. The van der Waals surface area contributed by atoms with E-state index in [-0.39, 0.29) is 10.8 Å². The lowest BCUT2D eigenvalue weighted by molar-refractivity contribution is -0.118. The van der Waals surface area contributed by atoms with E-state index in [1.807, 2.05) is 25.1 Å². The van der Waals surface area contributed by atoms with Gasteiger partial charge in [-0.3, -0.25) is 4.79 Å². The van der Waals surface area contributed by atoms with E-state index in [1.54, 1.807) is 24.3 Å². The van der Waals surface area contributed by atoms with E-state index in [2.05, 4.69) is 21.2 Å². The molecule has 0 aromatic heterocycles. The summed E-state index contributed by atoms with van der Waals surface area (Å²) in [5.74, 6) is 0.258. The second-order valence-electron chi connectivity index (χ2n) is 6.64. The number of thioether (sulfide) groups is 1. The van der Waals surface area contributed by atoms with Crippen LogP contribution >= 0.6 is 27.7 Å². The molecule has 156 valence electrons. The first-order valence-corrected chi connectivity index (χ1v) is 12.4. The highest BCUT2D eigenvalue weighted by Gasteiger charge is 2.26. The molecule has 1 heterocycles. The van der Waals surface area contributed by atoms with E-state index in [1.165, 1.54) is 16.1 Å². The summed E-state index contributed by atoms with van der Waals surface area (Å²) in [4.78, 5) is 13.5. The van der Waals surface area contributed by atoms with Crippen molar-refractivity contribution in [2.75, 3.05) is 32.1 Å². The minimum atomic E-state index is -3.50. The molecular weight excluding hydrogens is 476 g/mol. The predicted molar refractivity (Wildman–Crippen MR) is 117 cm³/mol. The zero-order chi connectivity index (χ0) is 20.9. The van der Waals surface area contributed by atoms with Gasteiger partial charge >= 0.3 is 0 Å². The first-order chi connectivity index (χ1) is 13.9. The van der Waals surface area contributed by atoms with E-state index in [0.717, 1.165) is 20.5 Å². The van der Waals surface area contributed by atoms with Crippen LogP contribution in [0.15, 0.2) is 56.7 Å². The largest absolute Gasteiger partial charge is 0.379 e. The van der Waals surface area contributed by atoms with Crippen molar-refractivity contribution in [1.82, 2.24) is 9.62 Å². The highest BCUT2D eigenvalue weighted by atomic mass is 79.9. The zero-order valence-electron chi connectivity index (χ0n) is 16.1. The first kappa shape index (κ1) is 22.3. The van der Waals surface area contributed by atoms with E-state index in [4.69, 9.17) is 4.74 Å². The molecular formula is C20H23BrN2O4S2. The van der Waals surface area contributed by atoms with Gasteiger partial charge in [0.05, 0.1) is 23.9 Å². The van der Waals surface area contributed by atoms with Gasteiger partial charge < -0.3 is 10.1 Å². The van der Waals surface area contributed by atoms with Gasteiger partial charge in [-0.25, -0.2) is 8.42 Å². The number of morpholine rings is 1. The molecule has 1 fully saturated rings. The average Bonchev–Trinajstić information content (AvgIpc) is 2.72. The third-order valence-corrected chi connectivity index (χ3v) is 8.10. The molecule has 1 N–H and O–H groups in total. The SMILES string of the molecule is Cc1cc(Br)ccc1SCC(=O)NCc1ccc(S(=O)(=O)N2CCOCC2)cc1. The predicted octanol–water partition coefficient (Wildman–Crippen LogP) is 3.19. The van der Waals surface area contributed by atoms with Crippen LogP contribution in [-0.2, 0) is 26.1 Å². The minimum Gasteiger partial charge on any atom is -0.379 e. The van der Waals surface area contributed by atoms with Crippen LogP contribution < -0.4 is 5.32 Å². The Morgan fingerprint density at radius 3 is 2.52 bits per heavy atom. The molecule has 0 aliphatic carbocycles. The Morgan fingerprint density at radius 1 is 1.17 bits per heavy atom. The van der Waals surface area contributed by atoms with Gasteiger partial charge in [-0.2, -0.15) is 4.31 Å². The zero-order valence-corrected chi connectivity index (χ0v) is 19.3. The summed E-state index contributed by atoms with van der Waals surface area (Å²) in [6.07, 6.45) is 0. The summed E-state index contributed by atoms with van der Waals surface area (Å²) in [7, 11) is -3.50. The molecule has 2 aromatic carbocycles. The van der Waals surface area contributed by atoms with Gasteiger partial charge in [0.15, 0.2) is 0 Å². The summed E-state index contributed by atoms with van der Waals surface area (Å²) in [5, 5.41) is 2.88. The van der Waals surface area contributed by atoms with E-state index in [0.29, 0.717) is 38.6 Å². The van der Waals surface area contributed by atoms with Gasteiger partial charge in [0.2, 0.25) is 15.9 Å². The minimum absolute atomic E-state index is 0.0673. The Kier molecular flexibility index (Phi) is 7.75. The number of halogens is 1. The number of carbonyl (C=O) groups is 1. The summed E-state index contributed by atoms with van der Waals surface area (Å²) in [6, 6.07) is 12.6. The quantitative estimate of drug-likeness (QED) is 0.593. The lowest BCUT2D eigenvalue weighted by Crippen LogP contribution is -2.40. The topological polar surface area (TPSA) is 75.7 Å². The van der Waals surface area contributed by atoms with Crippen LogP contribution in [0, 0.1) is 6.92 Å². The normalized spacial score (nSPS) is 15.2. The highest BCUT2D eigenvalue weighted by molar-refractivity contribution is 9.10. The Hall–Kier alpha value is -1.39. The number of ether oxygens (including phenoxy) is 1. The van der Waals surface area contributed by atoms with Crippen LogP contribution in [0.5, 0.6) is 0 Å². The van der Waals surface area contributed by atoms with E-state index in [9.17, 15) is 13.2 Å². The van der Waals surface area contributed by atoms with Crippen molar-refractivity contribution in [2.24, 2.45) is 0 Å². The van der Waals surface area contributed by atoms with Gasteiger partial charge in [0, 0.05) is 29.0 Å². The molecule has 0 spiro atoms. The van der Waals surface area contributed by atoms with Crippen LogP contribution in [0.25, 0.3) is 0 Å². The van der Waals surface area contributed by atoms with Crippen LogP contribution in [-0.4, -0.2) is 50.7 Å². The van der Waals surface area contributed by atoms with Crippen LogP contribution in [0.3, 0.4) is 0 Å². The van der Waals surface area contributed by atoms with Crippen molar-refractivity contribution >= 4 is 43.6 Å². The molecule has 0 unspecified atom stereocenters. The van der Waals surface area contributed by atoms with E-state index < -0.39 is 10.0 Å². The van der Waals surface area contributed by atoms with Crippen molar-refractivity contribution in [3.05, 3.63) is 58.1 Å². The van der Waals surface area contributed by atoms with Gasteiger partial charge in [-0.05, 0) is 48.4 Å². The van der Waals surface area contributed by atoms with Crippen molar-refractivity contribution in [3.63, 3.8) is 0 Å². The molecule has 1 aliphatic rings. The number of sulfonamides is 1. The third-order valence-electron chi connectivity index (χ3n) is 4.52. The number of hydrogen-bond acceptors (Lipinski definition) is 5. The van der Waals surface area contributed by atoms with Crippen molar-refractivity contribution in [1.29, 1.82) is 0 Å². The molecule has 9 heteroatoms. The number of nitrogens with one attached hydrogen (secondary N) is 1. The average molecular weight is 499 g/mol. The number of nitrogens with zero attached hydrogens (tertiary/aromatic N) is 1. The summed E-state index contributed by atoms with van der Waals surface area (Å²) >= 11 is 4.93. The maximum absolute atomic E-state index is 12.6. The Balaban J connectivity index is 1.51. The van der Waals surface area contributed by atoms with Gasteiger partial charge in [-0.1, -0.05) is 28.1 Å². The third kappa shape index (κ3) is 6.05. The van der Waals surface area contributed by atoms with Crippen molar-refractivity contribution in [2.45, 2.75) is 23.3 Å². The van der Waals surface area contributed by atoms with Gasteiger partial charge in [0.1, 0.15) is 0 Å². The number of hydrogen-bond donors (Lipinski definition) is 1. The fraction of sp³-hybridized carbons (Fsp3) is 0.350. The van der Waals surface area contributed by atoms with Crippen molar-refractivity contribution in [3.8, 4) is 0 Å². The summed E-state index contributed by atoms with van der Waals surface area (Å²) in [6.45, 7) is 3.95. The Labute approximate surface area is 184 Å². The fourth-order valence-corrected chi connectivity index (χ4v) is 5.61. The number of rotatable bonds is 7. The smallest absolute Gasteiger partial charge is 0.243 e. The molecule has 1 amide bonds. The standard InChI is InChI=1S/C20H23BrN2O4S2/c1-15-12-17(21)4-7-19(15)28-14-20(24)22-13-16-2-5-18(6-3-16)29(25,26)23-8-10-27-11-9-23/h2-7,12H,8-11,13-14H2,1H3,(H,22,24). The molecule has 0 radical (unpaired) electrons. The molecule has 1 saturated heterocycles. The first-order valence-electron chi connectivity index (χ1n) is 9.19. The molecule has 0 saturated carbocycles. The second kappa shape index (κ2) is 10.1. The number of aryl methyl sites for hydroxylation is 1. The molecule has 6 nitrogen and oxygen atoms in total. The molecule has 2 aromatic rings. The van der Waals surface area contributed by atoms with Gasteiger partial charge in [0.25, 0.3) is 0 Å². The molecule has 0 atom stereocenters. The monoisotopic (exact) mass is 498 g/mol. The number of carbonyl (C=O) groups excluding carboxylic acids is 1. The Bertz CT molecular complexity index is 959. The highest BCUT2D eigenvalue weighted by Crippen LogP contribution is 2.25. The maximum atomic E-state index is 12.6. The van der Waals surface area contributed by atoms with Crippen LogP contribution in [0.4, 0.5) is 0 Å². The second-order valence-corrected chi connectivity index (χ2v) is 10.5.